The van der Waals surface area contributed by atoms with E-state index in [2.05, 4.69) is 51.7 Å². The van der Waals surface area contributed by atoms with Gasteiger partial charge in [0, 0.05) is 24.2 Å². The summed E-state index contributed by atoms with van der Waals surface area (Å²) in [6.07, 6.45) is 10.2. The molecule has 5 heteroatoms. The van der Waals surface area contributed by atoms with Crippen molar-refractivity contribution in [1.29, 1.82) is 0 Å². The molecule has 0 saturated carbocycles. The molecule has 1 aromatic carbocycles. The topological polar surface area (TPSA) is 52.5 Å². The first-order chi connectivity index (χ1) is 15.4. The number of benzene rings is 1. The highest BCUT2D eigenvalue weighted by Gasteiger charge is 2.19. The first-order valence-corrected chi connectivity index (χ1v) is 11.4. The third-order valence-electron chi connectivity index (χ3n) is 5.31. The van der Waals surface area contributed by atoms with Crippen molar-refractivity contribution in [2.45, 2.75) is 59.9 Å². The van der Waals surface area contributed by atoms with E-state index in [1.54, 1.807) is 17.8 Å². The Morgan fingerprint density at radius 1 is 1.19 bits per heavy atom. The van der Waals surface area contributed by atoms with E-state index in [1.807, 2.05) is 18.2 Å². The molecule has 0 fully saturated rings. The van der Waals surface area contributed by atoms with Gasteiger partial charge in [-0.2, -0.15) is 0 Å². The quantitative estimate of drug-likeness (QED) is 0.364. The first kappa shape index (κ1) is 25.3. The van der Waals surface area contributed by atoms with Crippen LogP contribution < -0.4 is 20.3 Å². The Kier molecular flexibility index (Phi) is 10.1. The van der Waals surface area contributed by atoms with Crippen LogP contribution in [-0.4, -0.2) is 24.8 Å². The molecule has 0 radical (unpaired) electrons. The number of rotatable bonds is 13. The number of aromatic nitrogens is 1. The normalized spacial score (nSPS) is 11.3. The number of hydrogen-bond donors (Lipinski definition) is 1. The summed E-state index contributed by atoms with van der Waals surface area (Å²) in [5.41, 5.74) is 4.37. The molecule has 174 valence electrons. The molecule has 0 bridgehead atoms. The molecule has 0 spiro atoms. The van der Waals surface area contributed by atoms with Gasteiger partial charge >= 0.3 is 0 Å². The lowest BCUT2D eigenvalue weighted by Gasteiger charge is -2.18. The van der Waals surface area contributed by atoms with E-state index in [9.17, 15) is 4.79 Å². The second-order valence-electron chi connectivity index (χ2n) is 8.26. The maximum atomic E-state index is 13.2. The fraction of sp³-hybridized carbons (Fsp3) is 0.444. The second kappa shape index (κ2) is 12.8. The minimum absolute atomic E-state index is 0.170. The third-order valence-corrected chi connectivity index (χ3v) is 5.31. The Balaban J connectivity index is 2.35. The summed E-state index contributed by atoms with van der Waals surface area (Å²) >= 11 is 0. The summed E-state index contributed by atoms with van der Waals surface area (Å²) in [7, 11) is 1.57. The molecule has 5 nitrogen and oxygen atoms in total. The Bertz CT molecular complexity index is 1030. The highest BCUT2D eigenvalue weighted by atomic mass is 16.5. The lowest BCUT2D eigenvalue weighted by atomic mass is 10.1. The van der Waals surface area contributed by atoms with Gasteiger partial charge in [0.1, 0.15) is 6.61 Å². The van der Waals surface area contributed by atoms with Crippen molar-refractivity contribution in [3.8, 4) is 11.5 Å². The van der Waals surface area contributed by atoms with Crippen LogP contribution >= 0.6 is 0 Å². The number of nitrogens with zero attached hydrogens (tertiary/aromatic N) is 1. The van der Waals surface area contributed by atoms with Gasteiger partial charge in [0.05, 0.1) is 12.6 Å². The molecule has 0 aliphatic rings. The smallest absolute Gasteiger partial charge is 0.297 e. The van der Waals surface area contributed by atoms with Crippen molar-refractivity contribution < 1.29 is 9.47 Å². The van der Waals surface area contributed by atoms with Crippen molar-refractivity contribution >= 4 is 16.6 Å². The average Bonchev–Trinajstić information content (AvgIpc) is 2.76. The molecule has 0 aliphatic heterocycles. The van der Waals surface area contributed by atoms with Gasteiger partial charge in [0.25, 0.3) is 5.56 Å². The summed E-state index contributed by atoms with van der Waals surface area (Å²) in [4.78, 5) is 13.2. The Hall–Kier alpha value is -2.95. The molecule has 1 N–H and O–H groups in total. The van der Waals surface area contributed by atoms with Crippen molar-refractivity contribution in [2.75, 3.05) is 25.6 Å². The van der Waals surface area contributed by atoms with Crippen molar-refractivity contribution in [3.63, 3.8) is 0 Å². The maximum absolute atomic E-state index is 13.2. The first-order valence-electron chi connectivity index (χ1n) is 11.4. The van der Waals surface area contributed by atoms with Crippen LogP contribution in [0.3, 0.4) is 0 Å². The van der Waals surface area contributed by atoms with Crippen LogP contribution in [0.5, 0.6) is 11.5 Å². The van der Waals surface area contributed by atoms with Crippen molar-refractivity contribution in [3.05, 3.63) is 64.5 Å². The minimum atomic E-state index is -0.170. The minimum Gasteiger partial charge on any atom is -0.492 e. The van der Waals surface area contributed by atoms with Gasteiger partial charge in [-0.05, 0) is 58.2 Å². The molecule has 0 aliphatic carbocycles. The van der Waals surface area contributed by atoms with E-state index < -0.39 is 0 Å². The lowest BCUT2D eigenvalue weighted by Crippen LogP contribution is -2.23. The zero-order chi connectivity index (χ0) is 23.5. The van der Waals surface area contributed by atoms with E-state index in [-0.39, 0.29) is 17.9 Å². The van der Waals surface area contributed by atoms with E-state index in [4.69, 9.17) is 9.47 Å². The molecule has 0 atom stereocenters. The zero-order valence-electron chi connectivity index (χ0n) is 20.3. The van der Waals surface area contributed by atoms with Gasteiger partial charge in [-0.15, -0.1) is 0 Å². The number of anilines is 1. The van der Waals surface area contributed by atoms with E-state index in [1.165, 1.54) is 11.1 Å². The SMILES string of the molecule is C=CCOc1c(OC)c2ccc(NC/C=C(\C)CCC=C(C)C)cc2n(CCCC)c1=O. The van der Waals surface area contributed by atoms with Crippen LogP contribution in [0.15, 0.2) is 58.9 Å². The number of allylic oxidation sites excluding steroid dienone is 3. The maximum Gasteiger partial charge on any atom is 0.297 e. The Morgan fingerprint density at radius 3 is 2.62 bits per heavy atom. The molecule has 32 heavy (non-hydrogen) atoms. The molecule has 2 rings (SSSR count). The number of unbranched alkanes of at least 4 members (excludes halogenated alkanes) is 1. The summed E-state index contributed by atoms with van der Waals surface area (Å²) in [6, 6.07) is 6.03. The van der Waals surface area contributed by atoms with E-state index in [0.717, 1.165) is 48.8 Å². The summed E-state index contributed by atoms with van der Waals surface area (Å²) in [6.45, 7) is 13.8. The molecule has 2 aromatic rings. The molecule has 1 heterocycles. The molecule has 0 amide bonds. The van der Waals surface area contributed by atoms with Crippen LogP contribution in [0, 0.1) is 0 Å². The van der Waals surface area contributed by atoms with Gasteiger partial charge in [0.15, 0.2) is 5.75 Å². The fourth-order valence-electron chi connectivity index (χ4n) is 3.55. The van der Waals surface area contributed by atoms with Crippen LogP contribution in [0.4, 0.5) is 5.69 Å². The predicted molar refractivity (Wildman–Crippen MR) is 136 cm³/mol. The highest BCUT2D eigenvalue weighted by Crippen LogP contribution is 2.34. The lowest BCUT2D eigenvalue weighted by molar-refractivity contribution is 0.321. The molecular weight excluding hydrogens is 400 g/mol. The Morgan fingerprint density at radius 2 is 1.97 bits per heavy atom. The van der Waals surface area contributed by atoms with Gasteiger partial charge < -0.3 is 19.4 Å². The largest absolute Gasteiger partial charge is 0.492 e. The predicted octanol–water partition coefficient (Wildman–Crippen LogP) is 6.48. The summed E-state index contributed by atoms with van der Waals surface area (Å²) in [5.74, 6) is 0.716. The number of pyridine rings is 1. The van der Waals surface area contributed by atoms with Gasteiger partial charge in [-0.1, -0.05) is 49.3 Å². The summed E-state index contributed by atoms with van der Waals surface area (Å²) in [5, 5.41) is 4.33. The molecule has 0 saturated heterocycles. The third kappa shape index (κ3) is 6.78. The molecular formula is C27H38N2O3. The van der Waals surface area contributed by atoms with Crippen molar-refractivity contribution in [1.82, 2.24) is 4.57 Å². The number of fused-ring (bicyclic) bond motifs is 1. The number of nitrogens with one attached hydrogen (secondary N) is 1. The van der Waals surface area contributed by atoms with Gasteiger partial charge in [-0.25, -0.2) is 0 Å². The fourth-order valence-corrected chi connectivity index (χ4v) is 3.55. The van der Waals surface area contributed by atoms with Crippen LogP contribution in [0.1, 0.15) is 53.4 Å². The van der Waals surface area contributed by atoms with Gasteiger partial charge in [-0.3, -0.25) is 4.79 Å². The van der Waals surface area contributed by atoms with Gasteiger partial charge in [0.2, 0.25) is 5.75 Å². The zero-order valence-corrected chi connectivity index (χ0v) is 20.3. The summed E-state index contributed by atoms with van der Waals surface area (Å²) < 4.78 is 13.1. The monoisotopic (exact) mass is 438 g/mol. The van der Waals surface area contributed by atoms with Crippen LogP contribution in [0.2, 0.25) is 0 Å². The second-order valence-corrected chi connectivity index (χ2v) is 8.26. The van der Waals surface area contributed by atoms with E-state index in [0.29, 0.717) is 12.3 Å². The standard InChI is InChI=1S/C27H38N2O3/c1-7-9-17-29-24-19-22(28-16-15-21(5)12-10-11-20(3)4)13-14-23(24)25(31-6)26(27(29)30)32-18-8-2/h8,11,13-15,19,28H,2,7,9-10,12,16-18H2,1,3-6H3/b21-15+. The van der Waals surface area contributed by atoms with Crippen molar-refractivity contribution in [2.24, 2.45) is 0 Å². The van der Waals surface area contributed by atoms with Crippen LogP contribution in [-0.2, 0) is 6.54 Å². The number of aryl methyl sites for hydroxylation is 1. The Labute approximate surface area is 192 Å². The molecule has 0 unspecified atom stereocenters. The average molecular weight is 439 g/mol. The highest BCUT2D eigenvalue weighted by molar-refractivity contribution is 5.90. The number of ether oxygens (including phenoxy) is 2. The molecule has 1 aromatic heterocycles. The van der Waals surface area contributed by atoms with E-state index >= 15 is 0 Å². The number of hydrogen-bond acceptors (Lipinski definition) is 4. The number of methoxy groups -OCH3 is 1. The van der Waals surface area contributed by atoms with Crippen LogP contribution in [0.25, 0.3) is 10.9 Å².